The number of H-pyrrole nitrogens is 1. The molecule has 0 saturated heterocycles. The molecule has 0 bridgehead atoms. The van der Waals surface area contributed by atoms with Crippen molar-refractivity contribution in [2.45, 2.75) is 6.61 Å². The lowest BCUT2D eigenvalue weighted by molar-refractivity contribution is 0.0597. The standard InChI is InChI=1S/C16H16N2O5/c1-17-15(20)12-14(23-9-10-6-4-3-5-7-10)13(19)11(8-18-12)16(21)22-2/h3-8H,9H2,1-2H3,(H,17,20)(H,18,19). The van der Waals surface area contributed by atoms with Crippen molar-refractivity contribution in [2.75, 3.05) is 14.2 Å². The predicted octanol–water partition coefficient (Wildman–Crippen LogP) is 1.10. The quantitative estimate of drug-likeness (QED) is 0.805. The van der Waals surface area contributed by atoms with Crippen LogP contribution in [0.15, 0.2) is 41.3 Å². The molecule has 120 valence electrons. The van der Waals surface area contributed by atoms with Gasteiger partial charge in [-0.1, -0.05) is 30.3 Å². The molecule has 0 radical (unpaired) electrons. The molecule has 1 amide bonds. The fourth-order valence-corrected chi connectivity index (χ4v) is 1.93. The number of ether oxygens (including phenoxy) is 2. The van der Waals surface area contributed by atoms with Crippen LogP contribution in [0.25, 0.3) is 0 Å². The zero-order chi connectivity index (χ0) is 16.8. The largest absolute Gasteiger partial charge is 0.483 e. The van der Waals surface area contributed by atoms with Crippen molar-refractivity contribution in [1.29, 1.82) is 0 Å². The second-order valence-corrected chi connectivity index (χ2v) is 4.58. The van der Waals surface area contributed by atoms with Gasteiger partial charge < -0.3 is 19.8 Å². The average Bonchev–Trinajstić information content (AvgIpc) is 2.60. The van der Waals surface area contributed by atoms with Gasteiger partial charge in [-0.3, -0.25) is 9.59 Å². The summed E-state index contributed by atoms with van der Waals surface area (Å²) in [7, 11) is 2.59. The maximum atomic E-state index is 12.4. The fraction of sp³-hybridized carbons (Fsp3) is 0.188. The third-order valence-electron chi connectivity index (χ3n) is 3.12. The van der Waals surface area contributed by atoms with Gasteiger partial charge >= 0.3 is 5.97 Å². The van der Waals surface area contributed by atoms with Crippen LogP contribution in [0, 0.1) is 0 Å². The van der Waals surface area contributed by atoms with E-state index < -0.39 is 17.3 Å². The van der Waals surface area contributed by atoms with Crippen LogP contribution in [0.2, 0.25) is 0 Å². The third-order valence-corrected chi connectivity index (χ3v) is 3.12. The first-order chi connectivity index (χ1) is 11.1. The first-order valence-electron chi connectivity index (χ1n) is 6.81. The SMILES string of the molecule is CNC(=O)c1[nH]cc(C(=O)OC)c(=O)c1OCc1ccccc1. The van der Waals surface area contributed by atoms with Gasteiger partial charge in [0.2, 0.25) is 5.43 Å². The van der Waals surface area contributed by atoms with E-state index >= 15 is 0 Å². The minimum absolute atomic E-state index is 0.0546. The van der Waals surface area contributed by atoms with E-state index in [2.05, 4.69) is 15.0 Å². The Hall–Kier alpha value is -3.09. The Morgan fingerprint density at radius 3 is 2.52 bits per heavy atom. The van der Waals surface area contributed by atoms with Gasteiger partial charge in [-0.2, -0.15) is 0 Å². The highest BCUT2D eigenvalue weighted by molar-refractivity contribution is 5.96. The molecule has 7 heteroatoms. The minimum Gasteiger partial charge on any atom is -0.483 e. The van der Waals surface area contributed by atoms with Gasteiger partial charge in [0.1, 0.15) is 12.2 Å². The van der Waals surface area contributed by atoms with Gasteiger partial charge in [0.15, 0.2) is 11.4 Å². The molecule has 0 unspecified atom stereocenters. The minimum atomic E-state index is -0.806. The van der Waals surface area contributed by atoms with Crippen molar-refractivity contribution >= 4 is 11.9 Å². The van der Waals surface area contributed by atoms with Gasteiger partial charge in [0.05, 0.1) is 7.11 Å². The second-order valence-electron chi connectivity index (χ2n) is 4.58. The summed E-state index contributed by atoms with van der Waals surface area (Å²) >= 11 is 0. The van der Waals surface area contributed by atoms with Gasteiger partial charge in [-0.05, 0) is 5.56 Å². The number of benzene rings is 1. The van der Waals surface area contributed by atoms with Crippen LogP contribution in [0.3, 0.4) is 0 Å². The molecular formula is C16H16N2O5. The van der Waals surface area contributed by atoms with E-state index in [4.69, 9.17) is 4.74 Å². The van der Waals surface area contributed by atoms with Crippen LogP contribution in [-0.4, -0.2) is 31.0 Å². The zero-order valence-electron chi connectivity index (χ0n) is 12.7. The van der Waals surface area contributed by atoms with Gasteiger partial charge in [0.25, 0.3) is 5.91 Å². The van der Waals surface area contributed by atoms with E-state index in [1.54, 1.807) is 0 Å². The third kappa shape index (κ3) is 3.57. The van der Waals surface area contributed by atoms with Crippen LogP contribution in [0.5, 0.6) is 5.75 Å². The highest BCUT2D eigenvalue weighted by Crippen LogP contribution is 2.14. The molecule has 2 aromatic rings. The van der Waals surface area contributed by atoms with Gasteiger partial charge in [0, 0.05) is 13.2 Å². The van der Waals surface area contributed by atoms with Crippen LogP contribution in [0.1, 0.15) is 26.4 Å². The molecule has 0 aliphatic rings. The van der Waals surface area contributed by atoms with Crippen molar-refractivity contribution in [3.05, 3.63) is 63.6 Å². The molecular weight excluding hydrogens is 300 g/mol. The summed E-state index contributed by atoms with van der Waals surface area (Å²) in [4.78, 5) is 38.5. The molecule has 0 spiro atoms. The van der Waals surface area contributed by atoms with E-state index in [0.29, 0.717) is 0 Å². The normalized spacial score (nSPS) is 10.0. The molecule has 23 heavy (non-hydrogen) atoms. The van der Waals surface area contributed by atoms with Crippen molar-refractivity contribution in [3.8, 4) is 5.75 Å². The number of aromatic nitrogens is 1. The number of methoxy groups -OCH3 is 1. The number of hydrogen-bond donors (Lipinski definition) is 2. The summed E-state index contributed by atoms with van der Waals surface area (Å²) in [5.74, 6) is -1.56. The van der Waals surface area contributed by atoms with Gasteiger partial charge in [-0.25, -0.2) is 4.79 Å². The number of carbonyl (C=O) groups excluding carboxylic acids is 2. The van der Waals surface area contributed by atoms with Crippen molar-refractivity contribution in [3.63, 3.8) is 0 Å². The zero-order valence-corrected chi connectivity index (χ0v) is 12.7. The summed E-state index contributed by atoms with van der Waals surface area (Å²) in [6.45, 7) is 0.0819. The first-order valence-corrected chi connectivity index (χ1v) is 6.81. The number of aromatic amines is 1. The van der Waals surface area contributed by atoms with Crippen molar-refractivity contribution in [1.82, 2.24) is 10.3 Å². The van der Waals surface area contributed by atoms with Crippen molar-refractivity contribution < 1.29 is 19.1 Å². The van der Waals surface area contributed by atoms with Crippen molar-refractivity contribution in [2.24, 2.45) is 0 Å². The molecule has 0 atom stereocenters. The predicted molar refractivity (Wildman–Crippen MR) is 82.6 cm³/mol. The number of amides is 1. The Labute approximate surface area is 132 Å². The number of nitrogens with one attached hydrogen (secondary N) is 2. The lowest BCUT2D eigenvalue weighted by Crippen LogP contribution is -2.27. The smallest absolute Gasteiger partial charge is 0.343 e. The van der Waals surface area contributed by atoms with E-state index in [9.17, 15) is 14.4 Å². The molecule has 2 N–H and O–H groups in total. The Bertz CT molecular complexity index is 768. The van der Waals surface area contributed by atoms with Gasteiger partial charge in [-0.15, -0.1) is 0 Å². The summed E-state index contributed by atoms with van der Waals surface area (Å²) in [6, 6.07) is 9.14. The van der Waals surface area contributed by atoms with E-state index in [0.717, 1.165) is 11.8 Å². The lowest BCUT2D eigenvalue weighted by Gasteiger charge is -2.11. The lowest BCUT2D eigenvalue weighted by atomic mass is 10.2. The maximum absolute atomic E-state index is 12.4. The number of hydrogen-bond acceptors (Lipinski definition) is 5. The number of pyridine rings is 1. The monoisotopic (exact) mass is 316 g/mol. The number of esters is 1. The van der Waals surface area contributed by atoms with Crippen LogP contribution < -0.4 is 15.5 Å². The Kier molecular flexibility index (Phi) is 5.14. The molecule has 1 heterocycles. The molecule has 2 rings (SSSR count). The first kappa shape index (κ1) is 16.3. The summed E-state index contributed by atoms with van der Waals surface area (Å²) < 4.78 is 10.0. The number of carbonyl (C=O) groups is 2. The number of rotatable bonds is 5. The topological polar surface area (TPSA) is 97.5 Å². The molecule has 1 aromatic heterocycles. The Balaban J connectivity index is 2.42. The van der Waals surface area contributed by atoms with E-state index in [1.165, 1.54) is 14.2 Å². The van der Waals surface area contributed by atoms with E-state index in [1.807, 2.05) is 30.3 Å². The fourth-order valence-electron chi connectivity index (χ4n) is 1.93. The maximum Gasteiger partial charge on any atom is 0.343 e. The van der Waals surface area contributed by atoms with E-state index in [-0.39, 0.29) is 23.6 Å². The Morgan fingerprint density at radius 2 is 1.91 bits per heavy atom. The average molecular weight is 316 g/mol. The van der Waals surface area contributed by atoms with Crippen LogP contribution in [-0.2, 0) is 11.3 Å². The second kappa shape index (κ2) is 7.26. The van der Waals surface area contributed by atoms with Crippen LogP contribution >= 0.6 is 0 Å². The highest BCUT2D eigenvalue weighted by atomic mass is 16.5. The molecule has 0 saturated carbocycles. The Morgan fingerprint density at radius 1 is 1.22 bits per heavy atom. The molecule has 7 nitrogen and oxygen atoms in total. The molecule has 0 aliphatic carbocycles. The summed E-state index contributed by atoms with van der Waals surface area (Å²) in [5.41, 5.74) is -0.173. The summed E-state index contributed by atoms with van der Waals surface area (Å²) in [5, 5.41) is 2.40. The molecule has 0 fully saturated rings. The highest BCUT2D eigenvalue weighted by Gasteiger charge is 2.22. The summed E-state index contributed by atoms with van der Waals surface area (Å²) in [6.07, 6.45) is 1.13. The molecule has 1 aromatic carbocycles. The molecule has 0 aliphatic heterocycles. The van der Waals surface area contributed by atoms with Crippen LogP contribution in [0.4, 0.5) is 0 Å².